The summed E-state index contributed by atoms with van der Waals surface area (Å²) in [5.41, 5.74) is 0. The first-order valence-electron chi connectivity index (χ1n) is 3.35. The van der Waals surface area contributed by atoms with E-state index in [4.69, 9.17) is 11.6 Å². The van der Waals surface area contributed by atoms with Gasteiger partial charge in [-0.3, -0.25) is 4.90 Å². The molecule has 0 bridgehead atoms. The average molecular weight is 148 g/mol. The number of alkyl halides is 1. The topological polar surface area (TPSA) is 17.3 Å². The Labute approximate surface area is 61.2 Å². The normalized spacial score (nSPS) is 22.3. The summed E-state index contributed by atoms with van der Waals surface area (Å²) < 4.78 is 0. The fourth-order valence-corrected chi connectivity index (χ4v) is 1.23. The van der Waals surface area contributed by atoms with Gasteiger partial charge >= 0.3 is 0 Å². The van der Waals surface area contributed by atoms with Crippen molar-refractivity contribution in [2.24, 2.45) is 0 Å². The first kappa shape index (κ1) is 7.32. The van der Waals surface area contributed by atoms with Crippen LogP contribution in [0, 0.1) is 0 Å². The molecule has 0 N–H and O–H groups in total. The number of rotatable bonds is 2. The highest BCUT2D eigenvalue weighted by Gasteiger charge is 2.07. The van der Waals surface area contributed by atoms with E-state index >= 15 is 0 Å². The molecule has 1 rings (SSSR count). The Morgan fingerprint density at radius 2 is 2.00 bits per heavy atom. The lowest BCUT2D eigenvalue weighted by Crippen LogP contribution is -2.40. The molecule has 0 aromatic rings. The molecule has 0 spiro atoms. The summed E-state index contributed by atoms with van der Waals surface area (Å²) in [4.78, 5) is 2.35. The van der Waals surface area contributed by atoms with Gasteiger partial charge in [-0.2, -0.15) is 0 Å². The van der Waals surface area contributed by atoms with Crippen molar-refractivity contribution in [3.05, 3.63) is 0 Å². The van der Waals surface area contributed by atoms with Gasteiger partial charge in [0.05, 0.1) is 0 Å². The third-order valence-corrected chi connectivity index (χ3v) is 1.72. The standard InChI is InChI=1S/C6H12ClN2/c7-1-4-9-5-2-8-3-6-9/h1-6H2. The zero-order valence-corrected chi connectivity index (χ0v) is 6.27. The minimum absolute atomic E-state index is 0.750. The zero-order chi connectivity index (χ0) is 6.53. The molecule has 2 nitrogen and oxygen atoms in total. The van der Waals surface area contributed by atoms with E-state index in [0.717, 1.165) is 38.6 Å². The monoisotopic (exact) mass is 147 g/mol. The Balaban J connectivity index is 2.08. The summed E-state index contributed by atoms with van der Waals surface area (Å²) >= 11 is 5.56. The van der Waals surface area contributed by atoms with Crippen LogP contribution in [0.3, 0.4) is 0 Å². The van der Waals surface area contributed by atoms with Crippen LogP contribution in [0.4, 0.5) is 0 Å². The molecule has 0 aliphatic carbocycles. The molecule has 1 saturated heterocycles. The minimum atomic E-state index is 0.750. The van der Waals surface area contributed by atoms with Gasteiger partial charge in [-0.1, -0.05) is 0 Å². The molecule has 0 amide bonds. The van der Waals surface area contributed by atoms with Crippen molar-refractivity contribution in [2.45, 2.75) is 0 Å². The summed E-state index contributed by atoms with van der Waals surface area (Å²) in [6, 6.07) is 0. The van der Waals surface area contributed by atoms with E-state index < -0.39 is 0 Å². The number of nitrogens with zero attached hydrogens (tertiary/aromatic N) is 2. The maximum absolute atomic E-state index is 5.56. The Morgan fingerprint density at radius 3 is 2.56 bits per heavy atom. The van der Waals surface area contributed by atoms with Gasteiger partial charge in [0.25, 0.3) is 0 Å². The van der Waals surface area contributed by atoms with Crippen molar-refractivity contribution in [1.82, 2.24) is 10.2 Å². The number of hydrogen-bond donors (Lipinski definition) is 0. The van der Waals surface area contributed by atoms with Crippen LogP contribution >= 0.6 is 11.6 Å². The quantitative estimate of drug-likeness (QED) is 0.509. The minimum Gasteiger partial charge on any atom is -0.299 e. The molecule has 0 aromatic heterocycles. The summed E-state index contributed by atoms with van der Waals surface area (Å²) in [5.74, 6) is 0.750. The number of piperazine rings is 1. The first-order valence-corrected chi connectivity index (χ1v) is 3.88. The van der Waals surface area contributed by atoms with Gasteiger partial charge in [-0.15, -0.1) is 11.6 Å². The van der Waals surface area contributed by atoms with Gasteiger partial charge in [0, 0.05) is 38.6 Å². The molecule has 0 atom stereocenters. The van der Waals surface area contributed by atoms with Crippen molar-refractivity contribution in [2.75, 3.05) is 38.6 Å². The fraction of sp³-hybridized carbons (Fsp3) is 1.00. The first-order chi connectivity index (χ1) is 4.43. The molecule has 0 unspecified atom stereocenters. The summed E-state index contributed by atoms with van der Waals surface area (Å²) in [5, 5.41) is 4.22. The highest BCUT2D eigenvalue weighted by Crippen LogP contribution is 1.92. The number of halogens is 1. The van der Waals surface area contributed by atoms with E-state index in [-0.39, 0.29) is 0 Å². The highest BCUT2D eigenvalue weighted by atomic mass is 35.5. The largest absolute Gasteiger partial charge is 0.299 e. The van der Waals surface area contributed by atoms with Gasteiger partial charge < -0.3 is 0 Å². The second-order valence-corrected chi connectivity index (χ2v) is 2.58. The van der Waals surface area contributed by atoms with Crippen molar-refractivity contribution < 1.29 is 0 Å². The molecule has 1 fully saturated rings. The summed E-state index contributed by atoms with van der Waals surface area (Å²) in [7, 11) is 0. The second-order valence-electron chi connectivity index (χ2n) is 2.20. The van der Waals surface area contributed by atoms with Gasteiger partial charge in [0.15, 0.2) is 0 Å². The van der Waals surface area contributed by atoms with Gasteiger partial charge in [-0.05, 0) is 0 Å². The third-order valence-electron chi connectivity index (χ3n) is 1.55. The maximum Gasteiger partial charge on any atom is 0.0351 e. The van der Waals surface area contributed by atoms with Crippen LogP contribution in [0.1, 0.15) is 0 Å². The molecule has 1 heterocycles. The van der Waals surface area contributed by atoms with E-state index in [9.17, 15) is 0 Å². The smallest absolute Gasteiger partial charge is 0.0351 e. The lowest BCUT2D eigenvalue weighted by atomic mass is 10.4. The predicted octanol–water partition coefficient (Wildman–Crippen LogP) is 0.145. The van der Waals surface area contributed by atoms with Gasteiger partial charge in [0.2, 0.25) is 0 Å². The van der Waals surface area contributed by atoms with Crippen molar-refractivity contribution >= 4 is 11.6 Å². The van der Waals surface area contributed by atoms with Crippen LogP contribution in [0.25, 0.3) is 0 Å². The Kier molecular flexibility index (Phi) is 3.33. The molecule has 0 aromatic carbocycles. The molecule has 1 aliphatic heterocycles. The van der Waals surface area contributed by atoms with E-state index in [1.165, 1.54) is 0 Å². The van der Waals surface area contributed by atoms with E-state index in [1.807, 2.05) is 0 Å². The highest BCUT2D eigenvalue weighted by molar-refractivity contribution is 6.18. The van der Waals surface area contributed by atoms with E-state index in [0.29, 0.717) is 0 Å². The third kappa shape index (κ3) is 2.52. The molecule has 0 saturated carbocycles. The molecule has 3 heteroatoms. The predicted molar refractivity (Wildman–Crippen MR) is 39.0 cm³/mol. The second kappa shape index (κ2) is 4.09. The van der Waals surface area contributed by atoms with Crippen molar-refractivity contribution in [3.8, 4) is 0 Å². The Bertz CT molecular complexity index is 68.7. The summed E-state index contributed by atoms with van der Waals surface area (Å²) in [6.07, 6.45) is 0. The zero-order valence-electron chi connectivity index (χ0n) is 5.52. The fourth-order valence-electron chi connectivity index (χ4n) is 0.991. The molecular weight excluding hydrogens is 136 g/mol. The van der Waals surface area contributed by atoms with Crippen LogP contribution in [-0.4, -0.2) is 43.5 Å². The van der Waals surface area contributed by atoms with Gasteiger partial charge in [-0.25, -0.2) is 5.32 Å². The molecule has 53 valence electrons. The average Bonchev–Trinajstić information content (AvgIpc) is 1.91. The Hall–Kier alpha value is 0.210. The van der Waals surface area contributed by atoms with Crippen LogP contribution < -0.4 is 5.32 Å². The lowest BCUT2D eigenvalue weighted by molar-refractivity contribution is 0.252. The molecule has 9 heavy (non-hydrogen) atoms. The molecule has 1 radical (unpaired) electrons. The van der Waals surface area contributed by atoms with Crippen LogP contribution in [0.2, 0.25) is 0 Å². The Morgan fingerprint density at radius 1 is 1.33 bits per heavy atom. The van der Waals surface area contributed by atoms with E-state index in [1.54, 1.807) is 0 Å². The van der Waals surface area contributed by atoms with Crippen LogP contribution in [-0.2, 0) is 0 Å². The van der Waals surface area contributed by atoms with E-state index in [2.05, 4.69) is 10.2 Å². The maximum atomic E-state index is 5.56. The molecular formula is C6H12ClN2. The van der Waals surface area contributed by atoms with Crippen molar-refractivity contribution in [1.29, 1.82) is 0 Å². The van der Waals surface area contributed by atoms with Gasteiger partial charge in [0.1, 0.15) is 0 Å². The molecule has 1 aliphatic rings. The SMILES string of the molecule is ClCCN1CC[N]CC1. The van der Waals surface area contributed by atoms with Crippen LogP contribution in [0.15, 0.2) is 0 Å². The summed E-state index contributed by atoms with van der Waals surface area (Å²) in [6.45, 7) is 5.23. The number of hydrogen-bond acceptors (Lipinski definition) is 1. The van der Waals surface area contributed by atoms with Crippen molar-refractivity contribution in [3.63, 3.8) is 0 Å². The lowest BCUT2D eigenvalue weighted by Gasteiger charge is -2.24. The van der Waals surface area contributed by atoms with Crippen LogP contribution in [0.5, 0.6) is 0 Å².